The molecule has 0 radical (unpaired) electrons. The zero-order valence-electron chi connectivity index (χ0n) is 12.5. The van der Waals surface area contributed by atoms with Crippen LogP contribution >= 0.6 is 0 Å². The van der Waals surface area contributed by atoms with Crippen molar-refractivity contribution in [2.75, 3.05) is 5.32 Å². The average molecular weight is 269 g/mol. The van der Waals surface area contributed by atoms with Crippen molar-refractivity contribution >= 4 is 5.69 Å². The summed E-state index contributed by atoms with van der Waals surface area (Å²) in [7, 11) is 0. The van der Waals surface area contributed by atoms with Crippen LogP contribution in [0.4, 0.5) is 5.69 Å². The highest BCUT2D eigenvalue weighted by Crippen LogP contribution is 2.21. The van der Waals surface area contributed by atoms with Gasteiger partial charge in [-0.2, -0.15) is 0 Å². The number of hydrogen-bond donors (Lipinski definition) is 2. The van der Waals surface area contributed by atoms with Gasteiger partial charge in [0.15, 0.2) is 0 Å². The first-order chi connectivity index (χ1) is 9.54. The molecule has 106 valence electrons. The summed E-state index contributed by atoms with van der Waals surface area (Å²) in [5.41, 5.74) is 4.78. The number of hydrogen-bond acceptors (Lipinski definition) is 2. The van der Waals surface area contributed by atoms with Crippen molar-refractivity contribution in [3.8, 4) is 5.75 Å². The summed E-state index contributed by atoms with van der Waals surface area (Å²) in [6, 6.07) is 14.2. The molecule has 0 heterocycles. The van der Waals surface area contributed by atoms with Gasteiger partial charge in [0.25, 0.3) is 0 Å². The summed E-state index contributed by atoms with van der Waals surface area (Å²) in [4.78, 5) is 0. The summed E-state index contributed by atoms with van der Waals surface area (Å²) < 4.78 is 0. The van der Waals surface area contributed by atoms with E-state index in [1.165, 1.54) is 11.1 Å². The van der Waals surface area contributed by atoms with Crippen molar-refractivity contribution in [3.63, 3.8) is 0 Å². The number of nitrogens with one attached hydrogen (secondary N) is 1. The maximum absolute atomic E-state index is 9.40. The van der Waals surface area contributed by atoms with E-state index in [1.807, 2.05) is 13.0 Å². The Kier molecular flexibility index (Phi) is 4.67. The van der Waals surface area contributed by atoms with Crippen LogP contribution in [0.25, 0.3) is 0 Å². The Hall–Kier alpha value is -1.96. The molecule has 0 bridgehead atoms. The molecule has 20 heavy (non-hydrogen) atoms. The highest BCUT2D eigenvalue weighted by atomic mass is 16.3. The van der Waals surface area contributed by atoms with E-state index in [2.05, 4.69) is 43.4 Å². The number of aryl methyl sites for hydroxylation is 1. The quantitative estimate of drug-likeness (QED) is 0.783. The number of phenols is 1. The van der Waals surface area contributed by atoms with Crippen molar-refractivity contribution in [3.05, 3.63) is 59.2 Å². The number of anilines is 1. The van der Waals surface area contributed by atoms with Gasteiger partial charge in [-0.25, -0.2) is 0 Å². The second-order valence-electron chi connectivity index (χ2n) is 5.77. The Morgan fingerprint density at radius 3 is 2.25 bits per heavy atom. The van der Waals surface area contributed by atoms with Crippen LogP contribution in [0.5, 0.6) is 5.75 Å². The third kappa shape index (κ3) is 4.02. The van der Waals surface area contributed by atoms with Gasteiger partial charge in [0.1, 0.15) is 5.75 Å². The van der Waals surface area contributed by atoms with E-state index in [1.54, 1.807) is 12.1 Å². The van der Waals surface area contributed by atoms with Gasteiger partial charge in [0, 0.05) is 12.2 Å². The third-order valence-electron chi connectivity index (χ3n) is 3.36. The van der Waals surface area contributed by atoms with Crippen LogP contribution < -0.4 is 5.32 Å². The molecular formula is C18H23NO. The van der Waals surface area contributed by atoms with Crippen molar-refractivity contribution in [2.24, 2.45) is 5.92 Å². The average Bonchev–Trinajstić information content (AvgIpc) is 2.39. The first-order valence-corrected chi connectivity index (χ1v) is 7.16. The summed E-state index contributed by atoms with van der Waals surface area (Å²) in [5, 5.41) is 12.8. The summed E-state index contributed by atoms with van der Waals surface area (Å²) in [6.07, 6.45) is 1.13. The Morgan fingerprint density at radius 2 is 1.65 bits per heavy atom. The molecule has 0 aliphatic rings. The second-order valence-corrected chi connectivity index (χ2v) is 5.77. The molecule has 0 spiro atoms. The van der Waals surface area contributed by atoms with Crippen LogP contribution in [0.1, 0.15) is 30.5 Å². The van der Waals surface area contributed by atoms with Crippen LogP contribution in [-0.2, 0) is 13.0 Å². The Morgan fingerprint density at radius 1 is 1.00 bits per heavy atom. The van der Waals surface area contributed by atoms with Gasteiger partial charge in [-0.1, -0.05) is 38.1 Å². The smallest absolute Gasteiger partial charge is 0.115 e. The molecule has 0 aromatic heterocycles. The first kappa shape index (κ1) is 14.4. The molecule has 2 heteroatoms. The SMILES string of the molecule is Cc1cc(O)ccc1NCc1ccc(CC(C)C)cc1. The Balaban J connectivity index is 1.96. The lowest BCUT2D eigenvalue weighted by Gasteiger charge is -2.11. The van der Waals surface area contributed by atoms with Gasteiger partial charge in [-0.3, -0.25) is 0 Å². The van der Waals surface area contributed by atoms with E-state index < -0.39 is 0 Å². The summed E-state index contributed by atoms with van der Waals surface area (Å²) >= 11 is 0. The third-order valence-corrected chi connectivity index (χ3v) is 3.36. The minimum Gasteiger partial charge on any atom is -0.508 e. The van der Waals surface area contributed by atoms with Crippen LogP contribution in [0.15, 0.2) is 42.5 Å². The van der Waals surface area contributed by atoms with Gasteiger partial charge in [0.05, 0.1) is 0 Å². The predicted octanol–water partition coefficient (Wildman–Crippen LogP) is 4.51. The lowest BCUT2D eigenvalue weighted by Crippen LogP contribution is -2.01. The van der Waals surface area contributed by atoms with Crippen LogP contribution in [0, 0.1) is 12.8 Å². The monoisotopic (exact) mass is 269 g/mol. The van der Waals surface area contributed by atoms with E-state index in [9.17, 15) is 5.11 Å². The molecule has 0 aliphatic carbocycles. The fraction of sp³-hybridized carbons (Fsp3) is 0.333. The molecule has 0 saturated carbocycles. The van der Waals surface area contributed by atoms with Crippen LogP contribution in [0.2, 0.25) is 0 Å². The van der Waals surface area contributed by atoms with Crippen molar-refractivity contribution in [1.82, 2.24) is 0 Å². The van der Waals surface area contributed by atoms with Gasteiger partial charge >= 0.3 is 0 Å². The molecule has 0 saturated heterocycles. The first-order valence-electron chi connectivity index (χ1n) is 7.16. The molecule has 2 N–H and O–H groups in total. The molecular weight excluding hydrogens is 246 g/mol. The van der Waals surface area contributed by atoms with E-state index in [0.29, 0.717) is 11.7 Å². The van der Waals surface area contributed by atoms with E-state index in [0.717, 1.165) is 24.2 Å². The normalized spacial score (nSPS) is 10.8. The number of aromatic hydroxyl groups is 1. The molecule has 0 amide bonds. The number of phenolic OH excluding ortho intramolecular Hbond substituents is 1. The lowest BCUT2D eigenvalue weighted by molar-refractivity contribution is 0.475. The van der Waals surface area contributed by atoms with Gasteiger partial charge in [-0.15, -0.1) is 0 Å². The van der Waals surface area contributed by atoms with Crippen molar-refractivity contribution < 1.29 is 5.11 Å². The summed E-state index contributed by atoms with van der Waals surface area (Å²) in [5.74, 6) is 1.00. The fourth-order valence-electron chi connectivity index (χ4n) is 2.31. The molecule has 2 aromatic rings. The molecule has 2 aromatic carbocycles. The molecule has 0 fully saturated rings. The number of rotatable bonds is 5. The molecule has 0 atom stereocenters. The predicted molar refractivity (Wildman–Crippen MR) is 85.2 cm³/mol. The van der Waals surface area contributed by atoms with E-state index in [4.69, 9.17) is 0 Å². The topological polar surface area (TPSA) is 32.3 Å². The zero-order valence-corrected chi connectivity index (χ0v) is 12.5. The summed E-state index contributed by atoms with van der Waals surface area (Å²) in [6.45, 7) is 7.27. The van der Waals surface area contributed by atoms with Gasteiger partial charge < -0.3 is 10.4 Å². The van der Waals surface area contributed by atoms with E-state index >= 15 is 0 Å². The molecule has 0 unspecified atom stereocenters. The van der Waals surface area contributed by atoms with Crippen LogP contribution in [-0.4, -0.2) is 5.11 Å². The van der Waals surface area contributed by atoms with Crippen molar-refractivity contribution in [1.29, 1.82) is 0 Å². The molecule has 0 aliphatic heterocycles. The largest absolute Gasteiger partial charge is 0.508 e. The van der Waals surface area contributed by atoms with E-state index in [-0.39, 0.29) is 0 Å². The van der Waals surface area contributed by atoms with Gasteiger partial charge in [-0.05, 0) is 54.2 Å². The number of benzene rings is 2. The highest BCUT2D eigenvalue weighted by Gasteiger charge is 2.01. The maximum atomic E-state index is 9.40. The van der Waals surface area contributed by atoms with Gasteiger partial charge in [0.2, 0.25) is 0 Å². The Bertz CT molecular complexity index is 558. The zero-order chi connectivity index (χ0) is 14.5. The fourth-order valence-corrected chi connectivity index (χ4v) is 2.31. The lowest BCUT2D eigenvalue weighted by atomic mass is 10.0. The minimum atomic E-state index is 0.311. The van der Waals surface area contributed by atoms with Crippen LogP contribution in [0.3, 0.4) is 0 Å². The maximum Gasteiger partial charge on any atom is 0.115 e. The molecule has 2 nitrogen and oxygen atoms in total. The Labute approximate surface area is 121 Å². The molecule has 2 rings (SSSR count). The minimum absolute atomic E-state index is 0.311. The standard InChI is InChI=1S/C18H23NO/c1-13(2)10-15-4-6-16(7-5-15)12-19-18-9-8-17(20)11-14(18)3/h4-9,11,13,19-20H,10,12H2,1-3H3. The van der Waals surface area contributed by atoms with Crippen molar-refractivity contribution in [2.45, 2.75) is 33.7 Å². The highest BCUT2D eigenvalue weighted by molar-refractivity contribution is 5.53. The second kappa shape index (κ2) is 6.47.